The fraction of sp³-hybridized carbons (Fsp3) is 0.862. The van der Waals surface area contributed by atoms with E-state index in [1.165, 1.54) is 57.8 Å². The predicted octanol–water partition coefficient (Wildman–Crippen LogP) is 6.62. The zero-order chi connectivity index (χ0) is 26.6. The number of hydrogen-bond donors (Lipinski definition) is 2. The number of carbonyl (C=O) groups is 4. The summed E-state index contributed by atoms with van der Waals surface area (Å²) in [7, 11) is 0. The summed E-state index contributed by atoms with van der Waals surface area (Å²) in [5.74, 6) is -2.03. The van der Waals surface area contributed by atoms with Gasteiger partial charge in [0, 0.05) is 38.3 Å². The van der Waals surface area contributed by atoms with E-state index >= 15 is 0 Å². The van der Waals surface area contributed by atoms with E-state index in [0.29, 0.717) is 45.2 Å². The lowest BCUT2D eigenvalue weighted by atomic mass is 9.86. The van der Waals surface area contributed by atoms with Crippen molar-refractivity contribution in [3.8, 4) is 0 Å². The van der Waals surface area contributed by atoms with E-state index in [-0.39, 0.29) is 24.0 Å². The molecular weight excluding hydrogens is 458 g/mol. The Morgan fingerprint density at radius 3 is 1.50 bits per heavy atom. The lowest BCUT2D eigenvalue weighted by Crippen LogP contribution is -2.40. The van der Waals surface area contributed by atoms with Gasteiger partial charge in [0.15, 0.2) is 0 Å². The van der Waals surface area contributed by atoms with Gasteiger partial charge >= 0.3 is 11.9 Å². The van der Waals surface area contributed by atoms with E-state index in [2.05, 4.69) is 0 Å². The van der Waals surface area contributed by atoms with Crippen LogP contribution >= 0.6 is 0 Å². The van der Waals surface area contributed by atoms with Crippen molar-refractivity contribution in [1.29, 1.82) is 0 Å². The van der Waals surface area contributed by atoms with Crippen molar-refractivity contribution < 1.29 is 29.4 Å². The third-order valence-electron chi connectivity index (χ3n) is 7.62. The van der Waals surface area contributed by atoms with Crippen LogP contribution in [0.15, 0.2) is 0 Å². The molecule has 7 nitrogen and oxygen atoms in total. The van der Waals surface area contributed by atoms with Crippen molar-refractivity contribution in [2.24, 2.45) is 11.8 Å². The van der Waals surface area contributed by atoms with Crippen LogP contribution in [0.4, 0.5) is 0 Å². The monoisotopic (exact) mass is 509 g/mol. The number of carboxylic acid groups (broad SMARTS) is 2. The second-order valence-corrected chi connectivity index (χ2v) is 10.6. The molecular formula is C29H51NO6. The molecule has 1 heterocycles. The van der Waals surface area contributed by atoms with Crippen molar-refractivity contribution in [3.05, 3.63) is 0 Å². The van der Waals surface area contributed by atoms with E-state index in [4.69, 9.17) is 10.2 Å². The minimum Gasteiger partial charge on any atom is -0.481 e. The highest BCUT2D eigenvalue weighted by molar-refractivity contribution is 5.86. The Bertz CT molecular complexity index is 642. The van der Waals surface area contributed by atoms with E-state index in [1.54, 1.807) is 6.92 Å². The maximum Gasteiger partial charge on any atom is 0.306 e. The zero-order valence-electron chi connectivity index (χ0n) is 22.7. The van der Waals surface area contributed by atoms with Gasteiger partial charge in [-0.15, -0.1) is 0 Å². The van der Waals surface area contributed by atoms with Gasteiger partial charge in [-0.3, -0.25) is 19.2 Å². The molecule has 0 radical (unpaired) electrons. The Labute approximate surface area is 218 Å². The third kappa shape index (κ3) is 15.2. The van der Waals surface area contributed by atoms with Gasteiger partial charge in [-0.25, -0.2) is 0 Å². The Balaban J connectivity index is 1.93. The molecule has 0 unspecified atom stereocenters. The van der Waals surface area contributed by atoms with Crippen LogP contribution in [0, 0.1) is 11.8 Å². The van der Waals surface area contributed by atoms with E-state index < -0.39 is 17.9 Å². The average Bonchev–Trinajstić information content (AvgIpc) is 2.86. The molecule has 1 atom stereocenters. The van der Waals surface area contributed by atoms with Crippen LogP contribution in [0.25, 0.3) is 0 Å². The number of carboxylic acids is 2. The summed E-state index contributed by atoms with van der Waals surface area (Å²) in [6.45, 7) is 3.03. The number of rotatable bonds is 22. The smallest absolute Gasteiger partial charge is 0.306 e. The first-order valence-corrected chi connectivity index (χ1v) is 14.6. The van der Waals surface area contributed by atoms with Crippen LogP contribution in [0.5, 0.6) is 0 Å². The van der Waals surface area contributed by atoms with Gasteiger partial charge in [-0.2, -0.15) is 0 Å². The highest BCUT2D eigenvalue weighted by atomic mass is 16.4. The minimum absolute atomic E-state index is 0.0429. The summed E-state index contributed by atoms with van der Waals surface area (Å²) < 4.78 is 0. The molecule has 0 aromatic heterocycles. The second-order valence-electron chi connectivity index (χ2n) is 10.6. The summed E-state index contributed by atoms with van der Waals surface area (Å²) in [5, 5.41) is 17.8. The van der Waals surface area contributed by atoms with Crippen LogP contribution in [-0.2, 0) is 19.2 Å². The number of piperidine rings is 1. The number of likely N-dealkylation sites (tertiary alicyclic amines) is 1. The Kier molecular flexibility index (Phi) is 18.0. The van der Waals surface area contributed by atoms with E-state index in [9.17, 15) is 19.2 Å². The molecule has 0 saturated carbocycles. The summed E-state index contributed by atoms with van der Waals surface area (Å²) in [4.78, 5) is 48.4. The van der Waals surface area contributed by atoms with Crippen LogP contribution < -0.4 is 0 Å². The van der Waals surface area contributed by atoms with Gasteiger partial charge in [0.2, 0.25) is 5.91 Å². The van der Waals surface area contributed by atoms with Gasteiger partial charge < -0.3 is 15.1 Å². The van der Waals surface area contributed by atoms with Crippen molar-refractivity contribution in [1.82, 2.24) is 4.90 Å². The normalized spacial score (nSPS) is 15.1. The number of ketones is 1. The van der Waals surface area contributed by atoms with Crippen molar-refractivity contribution in [2.45, 2.75) is 135 Å². The summed E-state index contributed by atoms with van der Waals surface area (Å²) in [6, 6.07) is 0. The summed E-state index contributed by atoms with van der Waals surface area (Å²) >= 11 is 0. The largest absolute Gasteiger partial charge is 0.481 e. The number of carbonyl (C=O) groups excluding carboxylic acids is 2. The molecule has 1 rings (SSSR count). The standard InChI is InChI=1S/C29H51NO6/c1-2-24(29(35)36)23-26(31)25-19-21-30(22-20-25)27(32)17-15-13-11-9-7-5-3-4-6-8-10-12-14-16-18-28(33)34/h24-25H,2-23H2,1H3,(H,33,34)(H,35,36)/t24-/m0/s1. The molecule has 2 N–H and O–H groups in total. The molecule has 0 bridgehead atoms. The fourth-order valence-electron chi connectivity index (χ4n) is 5.10. The zero-order valence-corrected chi connectivity index (χ0v) is 22.7. The first-order valence-electron chi connectivity index (χ1n) is 14.6. The van der Waals surface area contributed by atoms with Crippen molar-refractivity contribution >= 4 is 23.6 Å². The molecule has 1 aliphatic rings. The highest BCUT2D eigenvalue weighted by Gasteiger charge is 2.29. The molecule has 1 fully saturated rings. The molecule has 0 aromatic rings. The second kappa shape index (κ2) is 20.2. The van der Waals surface area contributed by atoms with Gasteiger partial charge in [0.25, 0.3) is 0 Å². The SMILES string of the molecule is CC[C@@H](CC(=O)C1CCN(C(=O)CCCCCCCCCCCCCCCCC(=O)O)CC1)C(=O)O. The number of Topliss-reactive ketones (excluding diaryl/α,β-unsaturated/α-hetero) is 1. The summed E-state index contributed by atoms with van der Waals surface area (Å²) in [5.41, 5.74) is 0. The van der Waals surface area contributed by atoms with E-state index in [0.717, 1.165) is 32.1 Å². The molecule has 36 heavy (non-hydrogen) atoms. The summed E-state index contributed by atoms with van der Waals surface area (Å²) in [6.07, 6.45) is 19.2. The van der Waals surface area contributed by atoms with Crippen LogP contribution in [0.3, 0.4) is 0 Å². The first kappa shape index (κ1) is 32.1. The molecule has 7 heteroatoms. The van der Waals surface area contributed by atoms with Gasteiger partial charge in [-0.1, -0.05) is 84.0 Å². The maximum absolute atomic E-state index is 12.5. The van der Waals surface area contributed by atoms with Gasteiger partial charge in [0.05, 0.1) is 5.92 Å². The van der Waals surface area contributed by atoms with Crippen molar-refractivity contribution in [3.63, 3.8) is 0 Å². The quantitative estimate of drug-likeness (QED) is 0.159. The van der Waals surface area contributed by atoms with Gasteiger partial charge in [0.1, 0.15) is 5.78 Å². The molecule has 1 amide bonds. The van der Waals surface area contributed by atoms with Crippen LogP contribution in [-0.4, -0.2) is 51.8 Å². The highest BCUT2D eigenvalue weighted by Crippen LogP contribution is 2.23. The average molecular weight is 510 g/mol. The Morgan fingerprint density at radius 1 is 0.694 bits per heavy atom. The fourth-order valence-corrected chi connectivity index (χ4v) is 5.10. The van der Waals surface area contributed by atoms with E-state index in [1.807, 2.05) is 4.90 Å². The predicted molar refractivity (Wildman–Crippen MR) is 142 cm³/mol. The molecule has 0 aliphatic carbocycles. The molecule has 0 aromatic carbocycles. The molecule has 1 saturated heterocycles. The molecule has 0 spiro atoms. The molecule has 1 aliphatic heterocycles. The number of unbranched alkanes of at least 4 members (excludes halogenated alkanes) is 13. The van der Waals surface area contributed by atoms with Gasteiger partial charge in [-0.05, 0) is 32.1 Å². The topological polar surface area (TPSA) is 112 Å². The van der Waals surface area contributed by atoms with Crippen LogP contribution in [0.2, 0.25) is 0 Å². The first-order chi connectivity index (χ1) is 17.3. The minimum atomic E-state index is -0.895. The Hall–Kier alpha value is -1.92. The van der Waals surface area contributed by atoms with Crippen molar-refractivity contribution in [2.75, 3.05) is 13.1 Å². The lowest BCUT2D eigenvalue weighted by molar-refractivity contribution is -0.144. The number of nitrogens with zero attached hydrogens (tertiary/aromatic N) is 1. The Morgan fingerprint density at radius 2 is 1.11 bits per heavy atom. The maximum atomic E-state index is 12.5. The molecule has 208 valence electrons. The van der Waals surface area contributed by atoms with Crippen LogP contribution in [0.1, 0.15) is 135 Å². The number of aliphatic carboxylic acids is 2. The lowest BCUT2D eigenvalue weighted by Gasteiger charge is -2.31. The third-order valence-corrected chi connectivity index (χ3v) is 7.62. The number of hydrogen-bond acceptors (Lipinski definition) is 4. The number of amides is 1.